The van der Waals surface area contributed by atoms with Crippen molar-refractivity contribution in [2.75, 3.05) is 0 Å². The van der Waals surface area contributed by atoms with Crippen LogP contribution in [0, 0.1) is 0 Å². The van der Waals surface area contributed by atoms with Crippen molar-refractivity contribution in [2.45, 2.75) is 89.4 Å². The minimum Gasteiger partial charge on any atom is -0.748 e. The average Bonchev–Trinajstić information content (AvgIpc) is 2.31. The second-order valence-electron chi connectivity index (χ2n) is 5.34. The topological polar surface area (TPSA) is 77.4 Å². The molecule has 0 saturated heterocycles. The van der Waals surface area contributed by atoms with Crippen LogP contribution in [0.15, 0.2) is 0 Å². The molecule has 0 aliphatic heterocycles. The van der Waals surface area contributed by atoms with Gasteiger partial charge in [0.15, 0.2) is 0 Å². The van der Waals surface area contributed by atoms with E-state index in [1.165, 1.54) is 0 Å². The zero-order chi connectivity index (χ0) is 14.7. The normalized spacial score (nSPS) is 14.6. The van der Waals surface area contributed by atoms with Crippen molar-refractivity contribution in [1.82, 2.24) is 0 Å². The largest absolute Gasteiger partial charge is 1.00 e. The molecule has 0 aliphatic rings. The number of aliphatic hydroxyl groups excluding tert-OH is 1. The van der Waals surface area contributed by atoms with E-state index < -0.39 is 15.4 Å². The molecule has 0 rings (SSSR count). The Morgan fingerprint density at radius 1 is 0.900 bits per heavy atom. The predicted octanol–water partition coefficient (Wildman–Crippen LogP) is 0.206. The van der Waals surface area contributed by atoms with Crippen molar-refractivity contribution >= 4 is 10.1 Å². The summed E-state index contributed by atoms with van der Waals surface area (Å²) >= 11 is 0. The van der Waals surface area contributed by atoms with E-state index in [0.717, 1.165) is 51.4 Å². The van der Waals surface area contributed by atoms with E-state index >= 15 is 0 Å². The average molecular weight is 316 g/mol. The van der Waals surface area contributed by atoms with Crippen LogP contribution in [0.5, 0.6) is 0 Å². The first-order chi connectivity index (χ1) is 8.91. The van der Waals surface area contributed by atoms with Gasteiger partial charge in [-0.15, -0.1) is 0 Å². The van der Waals surface area contributed by atoms with Gasteiger partial charge in [-0.3, -0.25) is 0 Å². The Hall–Kier alpha value is 0.870. The van der Waals surface area contributed by atoms with Gasteiger partial charge in [0.2, 0.25) is 0 Å². The van der Waals surface area contributed by atoms with E-state index in [-0.39, 0.29) is 35.7 Å². The van der Waals surface area contributed by atoms with Crippen molar-refractivity contribution in [3.05, 3.63) is 0 Å². The fraction of sp³-hybridized carbons (Fsp3) is 1.00. The van der Waals surface area contributed by atoms with Gasteiger partial charge in [0.1, 0.15) is 0 Å². The molecule has 20 heavy (non-hydrogen) atoms. The van der Waals surface area contributed by atoms with Gasteiger partial charge in [-0.05, 0) is 25.7 Å². The summed E-state index contributed by atoms with van der Waals surface area (Å²) < 4.78 is 33.3. The van der Waals surface area contributed by atoms with E-state index in [0.29, 0.717) is 12.8 Å². The van der Waals surface area contributed by atoms with Gasteiger partial charge in [-0.25, -0.2) is 8.42 Å². The first-order valence-electron chi connectivity index (χ1n) is 7.54. The number of aliphatic hydroxyl groups is 1. The second kappa shape index (κ2) is 13.5. The molecule has 0 saturated carbocycles. The Morgan fingerprint density at radius 3 is 1.95 bits per heavy atom. The molecule has 0 aromatic heterocycles. The minimum absolute atomic E-state index is 0. The Balaban J connectivity index is 0. The van der Waals surface area contributed by atoms with Crippen molar-refractivity contribution in [3.8, 4) is 0 Å². The molecule has 116 valence electrons. The number of rotatable bonds is 12. The summed E-state index contributed by atoms with van der Waals surface area (Å²) in [5.74, 6) is 0. The Kier molecular flexibility index (Phi) is 15.7. The molecule has 0 bridgehead atoms. The molecule has 6 heteroatoms. The summed E-state index contributed by atoms with van der Waals surface area (Å²) in [5.41, 5.74) is 0. The third-order valence-electron chi connectivity index (χ3n) is 3.47. The van der Waals surface area contributed by atoms with E-state index in [1.54, 1.807) is 0 Å². The Labute approximate surface area is 146 Å². The Bertz CT molecular complexity index is 306. The molecule has 0 aromatic rings. The third kappa shape index (κ3) is 12.6. The molecule has 0 fully saturated rings. The molecule has 0 aromatic carbocycles. The van der Waals surface area contributed by atoms with Crippen LogP contribution in [0.1, 0.15) is 78.1 Å². The fourth-order valence-electron chi connectivity index (χ4n) is 2.27. The van der Waals surface area contributed by atoms with E-state index in [1.807, 2.05) is 13.8 Å². The van der Waals surface area contributed by atoms with E-state index in [9.17, 15) is 18.1 Å². The number of hydrogen-bond donors (Lipinski definition) is 1. The van der Waals surface area contributed by atoms with Crippen LogP contribution in [0.2, 0.25) is 0 Å². The molecule has 1 N–H and O–H groups in total. The molecular weight excluding hydrogens is 287 g/mol. The third-order valence-corrected chi connectivity index (χ3v) is 4.76. The van der Waals surface area contributed by atoms with Gasteiger partial charge in [-0.1, -0.05) is 52.4 Å². The molecule has 2 atom stereocenters. The number of hydrogen-bond acceptors (Lipinski definition) is 4. The maximum Gasteiger partial charge on any atom is 1.00 e. The maximum atomic E-state index is 11.1. The van der Waals surface area contributed by atoms with Crippen LogP contribution in [0.4, 0.5) is 0 Å². The molecule has 0 spiro atoms. The first kappa shape index (κ1) is 23.1. The summed E-state index contributed by atoms with van der Waals surface area (Å²) in [7, 11) is -4.15. The van der Waals surface area contributed by atoms with Crippen molar-refractivity contribution in [1.29, 1.82) is 0 Å². The van der Waals surface area contributed by atoms with E-state index in [4.69, 9.17) is 0 Å². The van der Waals surface area contributed by atoms with Gasteiger partial charge in [0.25, 0.3) is 0 Å². The van der Waals surface area contributed by atoms with Crippen LogP contribution >= 0.6 is 0 Å². The van der Waals surface area contributed by atoms with Crippen molar-refractivity contribution in [2.24, 2.45) is 0 Å². The summed E-state index contributed by atoms with van der Waals surface area (Å²) in [6.07, 6.45) is 7.56. The summed E-state index contributed by atoms with van der Waals surface area (Å²) in [6, 6.07) is 0. The van der Waals surface area contributed by atoms with Crippen LogP contribution in [0.3, 0.4) is 0 Å². The quantitative estimate of drug-likeness (QED) is 0.317. The van der Waals surface area contributed by atoms with Crippen LogP contribution in [-0.4, -0.2) is 29.4 Å². The van der Waals surface area contributed by atoms with Gasteiger partial charge >= 0.3 is 29.6 Å². The fourth-order valence-corrected chi connectivity index (χ4v) is 3.18. The zero-order valence-electron chi connectivity index (χ0n) is 13.3. The minimum atomic E-state index is -4.15. The van der Waals surface area contributed by atoms with Gasteiger partial charge in [0.05, 0.1) is 16.2 Å². The smallest absolute Gasteiger partial charge is 0.748 e. The van der Waals surface area contributed by atoms with Gasteiger partial charge in [-0.2, -0.15) is 0 Å². The molecule has 0 radical (unpaired) electrons. The Morgan fingerprint density at radius 2 is 1.45 bits per heavy atom. The van der Waals surface area contributed by atoms with Crippen molar-refractivity contribution in [3.63, 3.8) is 0 Å². The molecule has 0 aliphatic carbocycles. The molecule has 4 nitrogen and oxygen atoms in total. The van der Waals surface area contributed by atoms with Crippen LogP contribution < -0.4 is 29.6 Å². The SMILES string of the molecule is CCCCC(CCCCCC(O)CCC)S(=O)(=O)[O-].[Na+]. The molecular formula is C14H29NaO4S. The maximum absolute atomic E-state index is 11.1. The molecule has 2 unspecified atom stereocenters. The van der Waals surface area contributed by atoms with Gasteiger partial charge in [0, 0.05) is 5.25 Å². The first-order valence-corrected chi connectivity index (χ1v) is 9.01. The monoisotopic (exact) mass is 316 g/mol. The summed E-state index contributed by atoms with van der Waals surface area (Å²) in [4.78, 5) is 0. The second-order valence-corrected chi connectivity index (χ2v) is 6.99. The molecule has 0 heterocycles. The number of unbranched alkanes of at least 4 members (excludes halogenated alkanes) is 3. The predicted molar refractivity (Wildman–Crippen MR) is 77.0 cm³/mol. The summed E-state index contributed by atoms with van der Waals surface area (Å²) in [5, 5.41) is 8.84. The van der Waals surface area contributed by atoms with Crippen LogP contribution in [-0.2, 0) is 10.1 Å². The van der Waals surface area contributed by atoms with Crippen molar-refractivity contribution < 1.29 is 47.6 Å². The zero-order valence-corrected chi connectivity index (χ0v) is 16.1. The molecule has 0 amide bonds. The standard InChI is InChI=1S/C14H30O4S.Na/c1-3-5-11-14(19(16,17)18)12-8-6-7-10-13(15)9-4-2;/h13-15H,3-12H2,1-2H3,(H,16,17,18);/q;+1/p-1. The van der Waals surface area contributed by atoms with Crippen LogP contribution in [0.25, 0.3) is 0 Å². The van der Waals surface area contributed by atoms with Gasteiger partial charge < -0.3 is 9.66 Å². The van der Waals surface area contributed by atoms with E-state index in [2.05, 4.69) is 0 Å². The summed E-state index contributed by atoms with van der Waals surface area (Å²) in [6.45, 7) is 4.03.